The van der Waals surface area contributed by atoms with Gasteiger partial charge in [0.05, 0.1) is 28.4 Å². The van der Waals surface area contributed by atoms with Crippen LogP contribution in [0.1, 0.15) is 4.88 Å². The third-order valence-electron chi connectivity index (χ3n) is 2.18. The molecule has 0 spiro atoms. The lowest BCUT2D eigenvalue weighted by atomic mass is 10.2. The summed E-state index contributed by atoms with van der Waals surface area (Å²) in [7, 11) is 0. The predicted octanol–water partition coefficient (Wildman–Crippen LogP) is 2.25. The summed E-state index contributed by atoms with van der Waals surface area (Å²) < 4.78 is 0. The van der Waals surface area contributed by atoms with Crippen LogP contribution in [0.15, 0.2) is 29.9 Å². The second-order valence-corrected chi connectivity index (χ2v) is 4.32. The van der Waals surface area contributed by atoms with E-state index in [-0.39, 0.29) is 5.69 Å². The average molecular weight is 250 g/mol. The number of nitrogens with one attached hydrogen (secondary N) is 1. The summed E-state index contributed by atoms with van der Waals surface area (Å²) >= 11 is 1.53. The van der Waals surface area contributed by atoms with Crippen LogP contribution in [-0.2, 0) is 6.54 Å². The van der Waals surface area contributed by atoms with E-state index >= 15 is 0 Å². The number of nitro benzene ring substituents is 1. The van der Waals surface area contributed by atoms with Crippen molar-refractivity contribution < 1.29 is 4.92 Å². The Hall–Kier alpha value is -2.15. The second kappa shape index (κ2) is 4.79. The number of aromatic nitrogens is 1. The van der Waals surface area contributed by atoms with Crippen molar-refractivity contribution in [3.05, 3.63) is 44.9 Å². The van der Waals surface area contributed by atoms with Crippen molar-refractivity contribution in [2.24, 2.45) is 0 Å². The van der Waals surface area contributed by atoms with Gasteiger partial charge in [-0.05, 0) is 6.07 Å². The first-order chi connectivity index (χ1) is 8.16. The largest absolute Gasteiger partial charge is 0.397 e. The fraction of sp³-hybridized carbons (Fsp3) is 0.100. The third kappa shape index (κ3) is 2.70. The normalized spacial score (nSPS) is 10.1. The van der Waals surface area contributed by atoms with Gasteiger partial charge in [0, 0.05) is 23.2 Å². The molecule has 2 rings (SSSR count). The van der Waals surface area contributed by atoms with E-state index in [9.17, 15) is 10.1 Å². The molecule has 1 aromatic heterocycles. The van der Waals surface area contributed by atoms with E-state index in [1.165, 1.54) is 23.5 Å². The molecule has 17 heavy (non-hydrogen) atoms. The van der Waals surface area contributed by atoms with Crippen LogP contribution in [0.2, 0.25) is 0 Å². The topological polar surface area (TPSA) is 94.1 Å². The highest BCUT2D eigenvalue weighted by molar-refractivity contribution is 7.09. The number of nitrogens with zero attached hydrogens (tertiary/aromatic N) is 2. The van der Waals surface area contributed by atoms with E-state index < -0.39 is 4.92 Å². The van der Waals surface area contributed by atoms with Gasteiger partial charge in [-0.15, -0.1) is 11.3 Å². The van der Waals surface area contributed by atoms with Crippen molar-refractivity contribution in [2.45, 2.75) is 6.54 Å². The molecule has 1 heterocycles. The summed E-state index contributed by atoms with van der Waals surface area (Å²) in [4.78, 5) is 15.1. The van der Waals surface area contributed by atoms with Crippen molar-refractivity contribution in [1.29, 1.82) is 0 Å². The molecule has 88 valence electrons. The molecule has 0 fully saturated rings. The number of hydrogen-bond acceptors (Lipinski definition) is 6. The lowest BCUT2D eigenvalue weighted by Crippen LogP contribution is -2.02. The molecular weight excluding hydrogens is 240 g/mol. The van der Waals surface area contributed by atoms with Crippen molar-refractivity contribution >= 4 is 28.4 Å². The standard InChI is InChI=1S/C10H10N4O2S/c11-9-3-7(14(15)16)1-2-10(9)13-5-8-4-12-6-17-8/h1-4,6,13H,5,11H2. The number of nitro groups is 1. The monoisotopic (exact) mass is 250 g/mol. The van der Waals surface area contributed by atoms with E-state index in [4.69, 9.17) is 5.73 Å². The van der Waals surface area contributed by atoms with Crippen molar-refractivity contribution in [3.8, 4) is 0 Å². The quantitative estimate of drug-likeness (QED) is 0.493. The van der Waals surface area contributed by atoms with Gasteiger partial charge in [0.1, 0.15) is 0 Å². The summed E-state index contributed by atoms with van der Waals surface area (Å²) in [5, 5.41) is 13.6. The van der Waals surface area contributed by atoms with Crippen LogP contribution in [0.4, 0.5) is 17.1 Å². The Labute approximate surface area is 101 Å². The molecule has 0 aliphatic carbocycles. The summed E-state index contributed by atoms with van der Waals surface area (Å²) in [5.74, 6) is 0. The van der Waals surface area contributed by atoms with E-state index in [2.05, 4.69) is 10.3 Å². The third-order valence-corrected chi connectivity index (χ3v) is 2.96. The van der Waals surface area contributed by atoms with Crippen LogP contribution in [0.3, 0.4) is 0 Å². The van der Waals surface area contributed by atoms with Gasteiger partial charge in [-0.25, -0.2) is 0 Å². The van der Waals surface area contributed by atoms with Gasteiger partial charge in [-0.3, -0.25) is 15.1 Å². The Morgan fingerprint density at radius 2 is 2.35 bits per heavy atom. The summed E-state index contributed by atoms with van der Waals surface area (Å²) in [6.07, 6.45) is 1.76. The van der Waals surface area contributed by atoms with Gasteiger partial charge in [-0.2, -0.15) is 0 Å². The Kier molecular flexibility index (Phi) is 3.20. The SMILES string of the molecule is Nc1cc([N+](=O)[O-])ccc1NCc1cncs1. The Morgan fingerprint density at radius 3 is 2.94 bits per heavy atom. The fourth-order valence-electron chi connectivity index (χ4n) is 1.34. The zero-order chi connectivity index (χ0) is 12.3. The minimum absolute atomic E-state index is 0.00848. The highest BCUT2D eigenvalue weighted by Crippen LogP contribution is 2.24. The van der Waals surface area contributed by atoms with Gasteiger partial charge >= 0.3 is 0 Å². The zero-order valence-electron chi connectivity index (χ0n) is 8.79. The summed E-state index contributed by atoms with van der Waals surface area (Å²) in [5.41, 5.74) is 8.51. The molecule has 0 saturated carbocycles. The minimum atomic E-state index is -0.469. The molecule has 2 aromatic rings. The lowest BCUT2D eigenvalue weighted by molar-refractivity contribution is -0.384. The molecule has 0 aliphatic rings. The van der Waals surface area contributed by atoms with Crippen LogP contribution in [0.5, 0.6) is 0 Å². The van der Waals surface area contributed by atoms with Gasteiger partial charge in [-0.1, -0.05) is 0 Å². The maximum absolute atomic E-state index is 10.5. The van der Waals surface area contributed by atoms with Crippen LogP contribution < -0.4 is 11.1 Å². The van der Waals surface area contributed by atoms with Gasteiger partial charge < -0.3 is 11.1 Å². The molecule has 7 heteroatoms. The van der Waals surface area contributed by atoms with Gasteiger partial charge in [0.2, 0.25) is 0 Å². The summed E-state index contributed by atoms with van der Waals surface area (Å²) in [6.45, 7) is 0.604. The number of benzene rings is 1. The maximum Gasteiger partial charge on any atom is 0.271 e. The molecule has 0 saturated heterocycles. The second-order valence-electron chi connectivity index (χ2n) is 3.35. The van der Waals surface area contributed by atoms with Crippen LogP contribution in [0.25, 0.3) is 0 Å². The molecule has 6 nitrogen and oxygen atoms in total. The molecule has 0 radical (unpaired) electrons. The van der Waals surface area contributed by atoms with Crippen LogP contribution >= 0.6 is 11.3 Å². The molecule has 0 unspecified atom stereocenters. The molecule has 0 atom stereocenters. The number of nitrogens with two attached hydrogens (primary N) is 1. The first kappa shape index (κ1) is 11.3. The number of non-ortho nitro benzene ring substituents is 1. The molecule has 0 bridgehead atoms. The summed E-state index contributed by atoms with van der Waals surface area (Å²) in [6, 6.07) is 4.37. The van der Waals surface area contributed by atoms with Crippen molar-refractivity contribution in [2.75, 3.05) is 11.1 Å². The zero-order valence-corrected chi connectivity index (χ0v) is 9.61. The van der Waals surface area contributed by atoms with Crippen molar-refractivity contribution in [3.63, 3.8) is 0 Å². The number of anilines is 2. The Morgan fingerprint density at radius 1 is 1.53 bits per heavy atom. The smallest absolute Gasteiger partial charge is 0.271 e. The predicted molar refractivity (Wildman–Crippen MR) is 66.9 cm³/mol. The van der Waals surface area contributed by atoms with E-state index in [0.29, 0.717) is 17.9 Å². The minimum Gasteiger partial charge on any atom is -0.397 e. The molecule has 0 aliphatic heterocycles. The van der Waals surface area contributed by atoms with E-state index in [1.807, 2.05) is 0 Å². The molecule has 1 aromatic carbocycles. The number of nitrogen functional groups attached to an aromatic ring is 1. The fourth-order valence-corrected chi connectivity index (χ4v) is 1.87. The number of hydrogen-bond donors (Lipinski definition) is 2. The van der Waals surface area contributed by atoms with Gasteiger partial charge in [0.25, 0.3) is 5.69 Å². The average Bonchev–Trinajstić information content (AvgIpc) is 2.80. The van der Waals surface area contributed by atoms with Crippen LogP contribution in [-0.4, -0.2) is 9.91 Å². The first-order valence-corrected chi connectivity index (χ1v) is 5.70. The number of rotatable bonds is 4. The number of thiazole rings is 1. The Balaban J connectivity index is 2.09. The lowest BCUT2D eigenvalue weighted by Gasteiger charge is -2.07. The van der Waals surface area contributed by atoms with E-state index in [1.54, 1.807) is 17.8 Å². The highest BCUT2D eigenvalue weighted by Gasteiger charge is 2.08. The molecule has 0 amide bonds. The van der Waals surface area contributed by atoms with Crippen molar-refractivity contribution in [1.82, 2.24) is 4.98 Å². The van der Waals surface area contributed by atoms with Gasteiger partial charge in [0.15, 0.2) is 0 Å². The molecular formula is C10H10N4O2S. The first-order valence-electron chi connectivity index (χ1n) is 4.82. The highest BCUT2D eigenvalue weighted by atomic mass is 32.1. The maximum atomic E-state index is 10.5. The Bertz CT molecular complexity index is 527. The van der Waals surface area contributed by atoms with E-state index in [0.717, 1.165) is 4.88 Å². The van der Waals surface area contributed by atoms with Crippen LogP contribution in [0, 0.1) is 10.1 Å². The molecule has 3 N–H and O–H groups in total.